The highest BCUT2D eigenvalue weighted by molar-refractivity contribution is 9.10. The van der Waals surface area contributed by atoms with Crippen molar-refractivity contribution in [1.29, 1.82) is 0 Å². The fraction of sp³-hybridized carbons (Fsp3) is 0. The number of halogens is 2. The number of nitrogens with zero attached hydrogens (tertiary/aromatic N) is 1. The molecule has 2 rings (SSSR count). The molecule has 0 fully saturated rings. The van der Waals surface area contributed by atoms with Gasteiger partial charge in [0.15, 0.2) is 5.15 Å². The molecule has 18 heavy (non-hydrogen) atoms. The summed E-state index contributed by atoms with van der Waals surface area (Å²) in [6, 6.07) is 7.58. The molecule has 4 nitrogen and oxygen atoms in total. The van der Waals surface area contributed by atoms with Gasteiger partial charge in [0.2, 0.25) is 0 Å². The number of hydrogen-bond acceptors (Lipinski definition) is 3. The van der Waals surface area contributed by atoms with E-state index in [4.69, 9.17) is 16.7 Å². The molecule has 2 N–H and O–H groups in total. The third-order valence-corrected chi connectivity index (χ3v) is 2.92. The highest BCUT2D eigenvalue weighted by atomic mass is 79.9. The predicted molar refractivity (Wildman–Crippen MR) is 73.0 cm³/mol. The first-order valence-corrected chi connectivity index (χ1v) is 6.15. The monoisotopic (exact) mass is 326 g/mol. The Balaban J connectivity index is 2.21. The Hall–Kier alpha value is -1.59. The Morgan fingerprint density at radius 3 is 2.67 bits per heavy atom. The molecule has 0 aliphatic rings. The van der Waals surface area contributed by atoms with E-state index in [9.17, 15) is 4.79 Å². The van der Waals surface area contributed by atoms with E-state index in [1.165, 1.54) is 24.3 Å². The number of pyridine rings is 1. The van der Waals surface area contributed by atoms with E-state index in [0.29, 0.717) is 15.7 Å². The maximum Gasteiger partial charge on any atom is 0.255 e. The normalized spacial score (nSPS) is 10.1. The maximum atomic E-state index is 11.9. The van der Waals surface area contributed by atoms with Crippen LogP contribution in [0.4, 0.5) is 5.69 Å². The molecule has 0 atom stereocenters. The molecular weight excluding hydrogens is 320 g/mol. The van der Waals surface area contributed by atoms with Crippen LogP contribution in [0.25, 0.3) is 0 Å². The summed E-state index contributed by atoms with van der Waals surface area (Å²) in [5.74, 6) is -0.217. The summed E-state index contributed by atoms with van der Waals surface area (Å²) in [5, 5.41) is 12.0. The van der Waals surface area contributed by atoms with E-state index in [2.05, 4.69) is 26.2 Å². The molecule has 1 aromatic carbocycles. The van der Waals surface area contributed by atoms with E-state index in [1.807, 2.05) is 0 Å². The molecule has 0 radical (unpaired) electrons. The van der Waals surface area contributed by atoms with Gasteiger partial charge in [0.25, 0.3) is 5.91 Å². The minimum Gasteiger partial charge on any atom is -0.508 e. The van der Waals surface area contributed by atoms with Gasteiger partial charge in [-0.3, -0.25) is 4.79 Å². The van der Waals surface area contributed by atoms with Crippen molar-refractivity contribution in [3.8, 4) is 5.75 Å². The van der Waals surface area contributed by atoms with E-state index in [0.717, 1.165) is 0 Å². The number of aromatic nitrogens is 1. The molecule has 1 amide bonds. The summed E-state index contributed by atoms with van der Waals surface area (Å²) in [5.41, 5.74) is 0.841. The van der Waals surface area contributed by atoms with Crippen molar-refractivity contribution in [3.05, 3.63) is 51.7 Å². The molecule has 0 aliphatic heterocycles. The van der Waals surface area contributed by atoms with Crippen LogP contribution in [0.15, 0.2) is 41.0 Å². The summed E-state index contributed by atoms with van der Waals surface area (Å²) in [4.78, 5) is 15.8. The second-order valence-electron chi connectivity index (χ2n) is 3.49. The Labute approximate surface area is 117 Å². The van der Waals surface area contributed by atoms with Crippen LogP contribution in [-0.4, -0.2) is 16.0 Å². The average Bonchev–Trinajstić information content (AvgIpc) is 2.34. The number of benzene rings is 1. The smallest absolute Gasteiger partial charge is 0.255 e. The van der Waals surface area contributed by atoms with Gasteiger partial charge < -0.3 is 10.4 Å². The topological polar surface area (TPSA) is 62.2 Å². The maximum absolute atomic E-state index is 11.9. The molecule has 1 heterocycles. The molecule has 0 bridgehead atoms. The molecule has 6 heteroatoms. The van der Waals surface area contributed by atoms with Crippen molar-refractivity contribution in [2.75, 3.05) is 5.32 Å². The lowest BCUT2D eigenvalue weighted by atomic mass is 10.2. The number of nitrogens with one attached hydrogen (secondary N) is 1. The van der Waals surface area contributed by atoms with Crippen LogP contribution in [0.3, 0.4) is 0 Å². The quantitative estimate of drug-likeness (QED) is 0.830. The van der Waals surface area contributed by atoms with Gasteiger partial charge in [0.1, 0.15) is 5.75 Å². The number of anilines is 1. The fourth-order valence-corrected chi connectivity index (χ4v) is 1.80. The second kappa shape index (κ2) is 5.37. The number of carbonyl (C=O) groups is 1. The predicted octanol–water partition coefficient (Wildman–Crippen LogP) is 3.46. The highest BCUT2D eigenvalue weighted by Crippen LogP contribution is 2.23. The molecule has 2 aromatic rings. The summed E-state index contributed by atoms with van der Waals surface area (Å²) in [7, 11) is 0. The van der Waals surface area contributed by atoms with Crippen LogP contribution in [0, 0.1) is 0 Å². The Morgan fingerprint density at radius 2 is 2.00 bits per heavy atom. The van der Waals surface area contributed by atoms with E-state index < -0.39 is 0 Å². The van der Waals surface area contributed by atoms with Crippen molar-refractivity contribution >= 4 is 39.1 Å². The zero-order chi connectivity index (χ0) is 13.1. The van der Waals surface area contributed by atoms with E-state index in [-0.39, 0.29) is 16.8 Å². The highest BCUT2D eigenvalue weighted by Gasteiger charge is 2.09. The minimum absolute atomic E-state index is 0.105. The number of phenolic OH excluding ortho intramolecular Hbond substituents is 1. The Morgan fingerprint density at radius 1 is 1.33 bits per heavy atom. The van der Waals surface area contributed by atoms with Crippen LogP contribution >= 0.6 is 27.5 Å². The molecule has 92 valence electrons. The molecule has 1 aromatic heterocycles. The number of carbonyl (C=O) groups excluding carboxylic acids is 1. The molecule has 0 aliphatic carbocycles. The number of phenols is 1. The number of hydrogen-bond donors (Lipinski definition) is 2. The molecular formula is C12H8BrClN2O2. The van der Waals surface area contributed by atoms with Gasteiger partial charge in [-0.25, -0.2) is 4.98 Å². The first-order chi connectivity index (χ1) is 8.56. The first-order valence-electron chi connectivity index (χ1n) is 4.97. The zero-order valence-corrected chi connectivity index (χ0v) is 11.4. The van der Waals surface area contributed by atoms with Crippen LogP contribution in [-0.2, 0) is 0 Å². The van der Waals surface area contributed by atoms with Gasteiger partial charge in [0.05, 0.1) is 5.69 Å². The first kappa shape index (κ1) is 12.9. The van der Waals surface area contributed by atoms with Crippen molar-refractivity contribution in [1.82, 2.24) is 4.98 Å². The van der Waals surface area contributed by atoms with Gasteiger partial charge in [-0.15, -0.1) is 0 Å². The van der Waals surface area contributed by atoms with E-state index >= 15 is 0 Å². The standard InChI is InChI=1S/C12H8BrClN2O2/c13-8-5-10(11(14)15-6-8)16-12(18)7-1-3-9(17)4-2-7/h1-6,17H,(H,16,18). The molecule has 0 spiro atoms. The molecule has 0 unspecified atom stereocenters. The van der Waals surface area contributed by atoms with Gasteiger partial charge in [-0.2, -0.15) is 0 Å². The van der Waals surface area contributed by atoms with E-state index in [1.54, 1.807) is 12.3 Å². The summed E-state index contributed by atoms with van der Waals surface area (Å²) < 4.78 is 0.716. The van der Waals surface area contributed by atoms with Gasteiger partial charge in [-0.1, -0.05) is 11.6 Å². The lowest BCUT2D eigenvalue weighted by Gasteiger charge is -2.07. The molecule has 0 saturated carbocycles. The second-order valence-corrected chi connectivity index (χ2v) is 4.77. The zero-order valence-electron chi connectivity index (χ0n) is 9.02. The van der Waals surface area contributed by atoms with Crippen molar-refractivity contribution in [2.45, 2.75) is 0 Å². The summed E-state index contributed by atoms with van der Waals surface area (Å²) in [6.45, 7) is 0. The number of amides is 1. The summed E-state index contributed by atoms with van der Waals surface area (Å²) in [6.07, 6.45) is 1.54. The molecule has 0 saturated heterocycles. The van der Waals surface area contributed by atoms with Gasteiger partial charge in [-0.05, 0) is 46.3 Å². The largest absolute Gasteiger partial charge is 0.508 e. The SMILES string of the molecule is O=C(Nc1cc(Br)cnc1Cl)c1ccc(O)cc1. The van der Waals surface area contributed by atoms with Crippen LogP contribution in [0.1, 0.15) is 10.4 Å². The third-order valence-electron chi connectivity index (χ3n) is 2.18. The lowest BCUT2D eigenvalue weighted by molar-refractivity contribution is 0.102. The summed E-state index contributed by atoms with van der Waals surface area (Å²) >= 11 is 9.11. The van der Waals surface area contributed by atoms with Gasteiger partial charge in [0, 0.05) is 16.2 Å². The minimum atomic E-state index is -0.322. The number of rotatable bonds is 2. The Kier molecular flexibility index (Phi) is 3.84. The number of aromatic hydroxyl groups is 1. The van der Waals surface area contributed by atoms with Crippen LogP contribution in [0.5, 0.6) is 5.75 Å². The van der Waals surface area contributed by atoms with Crippen LogP contribution < -0.4 is 5.32 Å². The van der Waals surface area contributed by atoms with Crippen molar-refractivity contribution in [2.24, 2.45) is 0 Å². The third kappa shape index (κ3) is 3.00. The fourth-order valence-electron chi connectivity index (χ4n) is 1.32. The van der Waals surface area contributed by atoms with Crippen molar-refractivity contribution < 1.29 is 9.90 Å². The average molecular weight is 328 g/mol. The lowest BCUT2D eigenvalue weighted by Crippen LogP contribution is -2.12. The van der Waals surface area contributed by atoms with Crippen molar-refractivity contribution in [3.63, 3.8) is 0 Å². The Bertz CT molecular complexity index is 587. The van der Waals surface area contributed by atoms with Gasteiger partial charge >= 0.3 is 0 Å². The van der Waals surface area contributed by atoms with Crippen LogP contribution in [0.2, 0.25) is 5.15 Å².